The third-order valence-electron chi connectivity index (χ3n) is 1.96. The second kappa shape index (κ2) is 3.42. The van der Waals surface area contributed by atoms with E-state index in [4.69, 9.17) is 0 Å². The van der Waals surface area contributed by atoms with Crippen molar-refractivity contribution in [3.8, 4) is 0 Å². The smallest absolute Gasteiger partial charge is 0.176 e. The molecule has 0 atom stereocenters. The van der Waals surface area contributed by atoms with Gasteiger partial charge in [0.15, 0.2) is 9.84 Å². The molecule has 0 aliphatic heterocycles. The molecular weight excluding hydrogens is 204 g/mol. The Morgan fingerprint density at radius 3 is 2.23 bits per heavy atom. The van der Waals surface area contributed by atoms with Gasteiger partial charge in [0, 0.05) is 16.5 Å². The third kappa shape index (κ3) is 2.11. The van der Waals surface area contributed by atoms with Crippen LogP contribution in [0.5, 0.6) is 0 Å². The highest BCUT2D eigenvalue weighted by molar-refractivity contribution is 7.90. The van der Waals surface area contributed by atoms with E-state index in [1.807, 2.05) is 20.8 Å². The van der Waals surface area contributed by atoms with Crippen LogP contribution in [0, 0.1) is 6.92 Å². The van der Waals surface area contributed by atoms with E-state index in [0.717, 1.165) is 10.4 Å². The first kappa shape index (κ1) is 10.7. The standard InChI is InChI=1S/C9H14O2S2/c1-6(2)9-7(3)12-5-8(9)13(4,10)11/h5-6H,1-4H3. The average molecular weight is 218 g/mol. The minimum atomic E-state index is -3.05. The molecule has 0 spiro atoms. The fraction of sp³-hybridized carbons (Fsp3) is 0.556. The molecule has 1 aromatic rings. The lowest BCUT2D eigenvalue weighted by molar-refractivity contribution is 0.600. The van der Waals surface area contributed by atoms with Crippen LogP contribution in [-0.4, -0.2) is 14.7 Å². The lowest BCUT2D eigenvalue weighted by atomic mass is 10.1. The van der Waals surface area contributed by atoms with Crippen molar-refractivity contribution in [2.24, 2.45) is 0 Å². The summed E-state index contributed by atoms with van der Waals surface area (Å²) in [6.45, 7) is 6.00. The van der Waals surface area contributed by atoms with Gasteiger partial charge in [-0.3, -0.25) is 0 Å². The molecule has 0 N–H and O–H groups in total. The highest BCUT2D eigenvalue weighted by Crippen LogP contribution is 2.31. The lowest BCUT2D eigenvalue weighted by Crippen LogP contribution is -2.01. The molecule has 1 rings (SSSR count). The molecule has 0 aliphatic carbocycles. The number of sulfone groups is 1. The van der Waals surface area contributed by atoms with Gasteiger partial charge in [0.05, 0.1) is 4.90 Å². The van der Waals surface area contributed by atoms with Crippen LogP contribution in [-0.2, 0) is 9.84 Å². The molecule has 0 fully saturated rings. The summed E-state index contributed by atoms with van der Waals surface area (Å²) in [5.41, 5.74) is 0.979. The first-order chi connectivity index (χ1) is 5.84. The fourth-order valence-electron chi connectivity index (χ4n) is 1.42. The summed E-state index contributed by atoms with van der Waals surface area (Å²) in [4.78, 5) is 1.61. The molecule has 0 aliphatic rings. The fourth-order valence-corrected chi connectivity index (χ4v) is 4.00. The Morgan fingerprint density at radius 1 is 1.38 bits per heavy atom. The van der Waals surface area contributed by atoms with Crippen molar-refractivity contribution in [3.63, 3.8) is 0 Å². The highest BCUT2D eigenvalue weighted by atomic mass is 32.2. The Labute approximate surface area is 83.5 Å². The van der Waals surface area contributed by atoms with Gasteiger partial charge < -0.3 is 0 Å². The molecule has 0 bridgehead atoms. The van der Waals surface area contributed by atoms with E-state index in [9.17, 15) is 8.42 Å². The SMILES string of the molecule is Cc1scc(S(C)(=O)=O)c1C(C)C. The maximum atomic E-state index is 11.4. The minimum Gasteiger partial charge on any atom is -0.224 e. The van der Waals surface area contributed by atoms with E-state index >= 15 is 0 Å². The van der Waals surface area contributed by atoms with Gasteiger partial charge in [-0.15, -0.1) is 11.3 Å². The van der Waals surface area contributed by atoms with Crippen LogP contribution in [0.2, 0.25) is 0 Å². The van der Waals surface area contributed by atoms with Crippen LogP contribution >= 0.6 is 11.3 Å². The minimum absolute atomic E-state index is 0.274. The Hall–Kier alpha value is -0.350. The van der Waals surface area contributed by atoms with Crippen LogP contribution in [0.15, 0.2) is 10.3 Å². The summed E-state index contributed by atoms with van der Waals surface area (Å²) in [5, 5.41) is 1.74. The van der Waals surface area contributed by atoms with Gasteiger partial charge in [0.25, 0.3) is 0 Å². The quantitative estimate of drug-likeness (QED) is 0.764. The molecule has 0 unspecified atom stereocenters. The van der Waals surface area contributed by atoms with Gasteiger partial charge in [-0.05, 0) is 18.4 Å². The molecule has 74 valence electrons. The zero-order chi connectivity index (χ0) is 10.2. The van der Waals surface area contributed by atoms with E-state index in [0.29, 0.717) is 4.90 Å². The van der Waals surface area contributed by atoms with Crippen molar-refractivity contribution in [2.75, 3.05) is 6.26 Å². The molecule has 0 aromatic carbocycles. The Bertz CT molecular complexity index is 399. The number of thiophene rings is 1. The summed E-state index contributed by atoms with van der Waals surface area (Å²) in [5.74, 6) is 0.274. The van der Waals surface area contributed by atoms with Crippen LogP contribution in [0.4, 0.5) is 0 Å². The summed E-state index contributed by atoms with van der Waals surface area (Å²) in [6, 6.07) is 0. The molecule has 4 heteroatoms. The molecule has 0 saturated heterocycles. The van der Waals surface area contributed by atoms with E-state index in [1.54, 1.807) is 5.38 Å². The predicted octanol–water partition coefficient (Wildman–Crippen LogP) is 2.58. The van der Waals surface area contributed by atoms with E-state index < -0.39 is 9.84 Å². The second-order valence-corrected chi connectivity index (χ2v) is 6.56. The average Bonchev–Trinajstić information content (AvgIpc) is 2.28. The molecule has 1 heterocycles. The molecule has 1 aromatic heterocycles. The Kier molecular flexibility index (Phi) is 2.82. The van der Waals surface area contributed by atoms with Gasteiger partial charge >= 0.3 is 0 Å². The van der Waals surface area contributed by atoms with Crippen molar-refractivity contribution >= 4 is 21.2 Å². The third-order valence-corrected chi connectivity index (χ3v) is 4.18. The Morgan fingerprint density at radius 2 is 1.92 bits per heavy atom. The maximum Gasteiger partial charge on any atom is 0.176 e. The van der Waals surface area contributed by atoms with Crippen LogP contribution in [0.25, 0.3) is 0 Å². The van der Waals surface area contributed by atoms with E-state index in [1.165, 1.54) is 17.6 Å². The molecule has 0 saturated carbocycles. The molecular formula is C9H14O2S2. The van der Waals surface area contributed by atoms with Crippen LogP contribution < -0.4 is 0 Å². The first-order valence-electron chi connectivity index (χ1n) is 4.12. The van der Waals surface area contributed by atoms with E-state index in [2.05, 4.69) is 0 Å². The largest absolute Gasteiger partial charge is 0.224 e. The molecule has 0 radical (unpaired) electrons. The van der Waals surface area contributed by atoms with Gasteiger partial charge in [0.1, 0.15) is 0 Å². The van der Waals surface area contributed by atoms with Crippen LogP contribution in [0.1, 0.15) is 30.2 Å². The van der Waals surface area contributed by atoms with Crippen molar-refractivity contribution in [2.45, 2.75) is 31.6 Å². The van der Waals surface area contributed by atoms with Gasteiger partial charge in [-0.25, -0.2) is 8.42 Å². The zero-order valence-corrected chi connectivity index (χ0v) is 9.92. The lowest BCUT2D eigenvalue weighted by Gasteiger charge is -2.07. The number of hydrogen-bond donors (Lipinski definition) is 0. The summed E-state index contributed by atoms with van der Waals surface area (Å²) >= 11 is 1.51. The van der Waals surface area contributed by atoms with Crippen molar-refractivity contribution in [1.82, 2.24) is 0 Å². The number of aryl methyl sites for hydroxylation is 1. The highest BCUT2D eigenvalue weighted by Gasteiger charge is 2.19. The van der Waals surface area contributed by atoms with E-state index in [-0.39, 0.29) is 5.92 Å². The summed E-state index contributed by atoms with van der Waals surface area (Å²) < 4.78 is 22.8. The zero-order valence-electron chi connectivity index (χ0n) is 8.29. The number of hydrogen-bond acceptors (Lipinski definition) is 3. The van der Waals surface area contributed by atoms with Gasteiger partial charge in [-0.2, -0.15) is 0 Å². The molecule has 0 amide bonds. The normalized spacial score (nSPS) is 12.4. The molecule has 13 heavy (non-hydrogen) atoms. The summed E-state index contributed by atoms with van der Waals surface area (Å²) in [6.07, 6.45) is 1.26. The second-order valence-electron chi connectivity index (χ2n) is 3.50. The molecule has 2 nitrogen and oxygen atoms in total. The van der Waals surface area contributed by atoms with Crippen molar-refractivity contribution < 1.29 is 8.42 Å². The monoisotopic (exact) mass is 218 g/mol. The Balaban J connectivity index is 3.40. The topological polar surface area (TPSA) is 34.1 Å². The van der Waals surface area contributed by atoms with Crippen molar-refractivity contribution in [1.29, 1.82) is 0 Å². The summed E-state index contributed by atoms with van der Waals surface area (Å²) in [7, 11) is -3.05. The van der Waals surface area contributed by atoms with Gasteiger partial charge in [0.2, 0.25) is 0 Å². The maximum absolute atomic E-state index is 11.4. The first-order valence-corrected chi connectivity index (χ1v) is 6.89. The predicted molar refractivity (Wildman–Crippen MR) is 56.3 cm³/mol. The van der Waals surface area contributed by atoms with Crippen molar-refractivity contribution in [3.05, 3.63) is 15.8 Å². The van der Waals surface area contributed by atoms with Crippen LogP contribution in [0.3, 0.4) is 0 Å². The van der Waals surface area contributed by atoms with Gasteiger partial charge in [-0.1, -0.05) is 13.8 Å². The number of rotatable bonds is 2.